The predicted molar refractivity (Wildman–Crippen MR) is 79.6 cm³/mol. The first kappa shape index (κ1) is 14.6. The third-order valence-corrected chi connectivity index (χ3v) is 5.07. The van der Waals surface area contributed by atoms with Crippen molar-refractivity contribution in [3.8, 4) is 0 Å². The van der Waals surface area contributed by atoms with Gasteiger partial charge in [-0.15, -0.1) is 0 Å². The lowest BCUT2D eigenvalue weighted by Gasteiger charge is -2.21. The van der Waals surface area contributed by atoms with Gasteiger partial charge < -0.3 is 10.4 Å². The van der Waals surface area contributed by atoms with E-state index in [-0.39, 0.29) is 17.2 Å². The predicted octanol–water partition coefficient (Wildman–Crippen LogP) is 0.772. The summed E-state index contributed by atoms with van der Waals surface area (Å²) in [6.45, 7) is 0.596. The smallest absolute Gasteiger partial charge is 0.267 e. The van der Waals surface area contributed by atoms with E-state index >= 15 is 0 Å². The van der Waals surface area contributed by atoms with Crippen molar-refractivity contribution in [3.63, 3.8) is 0 Å². The Hall–Kier alpha value is -1.34. The van der Waals surface area contributed by atoms with Crippen molar-refractivity contribution in [3.05, 3.63) is 22.1 Å². The number of nitrogens with zero attached hydrogens (tertiary/aromatic N) is 2. The molecule has 2 unspecified atom stereocenters. The number of nitrogens with one attached hydrogen (secondary N) is 1. The van der Waals surface area contributed by atoms with Gasteiger partial charge in [-0.05, 0) is 12.8 Å². The maximum Gasteiger partial charge on any atom is 0.267 e. The molecule has 114 valence electrons. The van der Waals surface area contributed by atoms with E-state index in [0.717, 1.165) is 31.4 Å². The third kappa shape index (κ3) is 2.98. The van der Waals surface area contributed by atoms with Crippen molar-refractivity contribution >= 4 is 17.7 Å². The second kappa shape index (κ2) is 6.19. The Morgan fingerprint density at radius 1 is 1.38 bits per heavy atom. The number of aliphatic hydroxyl groups excluding tert-OH is 1. The highest BCUT2D eigenvalue weighted by atomic mass is 32.2. The van der Waals surface area contributed by atoms with Crippen molar-refractivity contribution in [2.75, 3.05) is 5.75 Å². The minimum Gasteiger partial charge on any atom is -0.391 e. The van der Waals surface area contributed by atoms with Crippen molar-refractivity contribution < 1.29 is 9.90 Å². The van der Waals surface area contributed by atoms with Crippen molar-refractivity contribution in [2.24, 2.45) is 0 Å². The van der Waals surface area contributed by atoms with Gasteiger partial charge in [0.1, 0.15) is 5.56 Å². The third-order valence-electron chi connectivity index (χ3n) is 4.10. The summed E-state index contributed by atoms with van der Waals surface area (Å²) in [5.41, 5.74) is -0.219. The lowest BCUT2D eigenvalue weighted by atomic mass is 10.1. The normalized spacial score (nSPS) is 25.2. The van der Waals surface area contributed by atoms with E-state index in [9.17, 15) is 14.7 Å². The Balaban J connectivity index is 1.78. The number of rotatable bonds is 2. The average Bonchev–Trinajstić information content (AvgIpc) is 2.86. The zero-order valence-electron chi connectivity index (χ0n) is 11.7. The van der Waals surface area contributed by atoms with E-state index in [1.165, 1.54) is 18.0 Å². The Morgan fingerprint density at radius 2 is 2.19 bits per heavy atom. The fraction of sp³-hybridized carbons (Fsp3) is 0.643. The fourth-order valence-corrected chi connectivity index (χ4v) is 3.79. The van der Waals surface area contributed by atoms with Crippen molar-refractivity contribution in [2.45, 2.75) is 56.0 Å². The Bertz CT molecular complexity index is 602. The first-order valence-corrected chi connectivity index (χ1v) is 8.37. The molecule has 1 saturated carbocycles. The van der Waals surface area contributed by atoms with Crippen LogP contribution >= 0.6 is 11.8 Å². The molecule has 1 aliphatic heterocycles. The molecule has 1 aliphatic carbocycles. The highest BCUT2D eigenvalue weighted by Crippen LogP contribution is 2.21. The molecule has 0 spiro atoms. The van der Waals surface area contributed by atoms with Crippen LogP contribution in [0.1, 0.15) is 42.5 Å². The molecule has 0 saturated heterocycles. The molecule has 0 bridgehead atoms. The standard InChI is InChI=1S/C14H19N3O3S/c18-11-5-3-1-2-4-10(11)16-12(19)9-8-15-14-17(13(9)20)6-7-21-14/h8,10-11,18H,1-7H2,(H,16,19). The fourth-order valence-electron chi connectivity index (χ4n) is 2.88. The highest BCUT2D eigenvalue weighted by molar-refractivity contribution is 7.99. The zero-order valence-corrected chi connectivity index (χ0v) is 12.6. The summed E-state index contributed by atoms with van der Waals surface area (Å²) in [4.78, 5) is 28.8. The molecule has 3 rings (SSSR count). The second-order valence-electron chi connectivity index (χ2n) is 5.55. The van der Waals surface area contributed by atoms with Gasteiger partial charge in [0.15, 0.2) is 5.16 Å². The molecule has 2 heterocycles. The van der Waals surface area contributed by atoms with Crippen LogP contribution in [0, 0.1) is 0 Å². The van der Waals surface area contributed by atoms with E-state index in [1.807, 2.05) is 0 Å². The maximum atomic E-state index is 12.3. The van der Waals surface area contributed by atoms with Gasteiger partial charge in [-0.3, -0.25) is 14.2 Å². The number of carbonyl (C=O) groups is 1. The van der Waals surface area contributed by atoms with E-state index in [2.05, 4.69) is 10.3 Å². The minimum atomic E-state index is -0.530. The van der Waals surface area contributed by atoms with Gasteiger partial charge in [0, 0.05) is 18.5 Å². The second-order valence-corrected chi connectivity index (χ2v) is 6.61. The molecule has 1 aromatic rings. The first-order valence-electron chi connectivity index (χ1n) is 7.38. The van der Waals surface area contributed by atoms with Crippen molar-refractivity contribution in [1.82, 2.24) is 14.9 Å². The van der Waals surface area contributed by atoms with Crippen LogP contribution in [-0.4, -0.2) is 38.5 Å². The minimum absolute atomic E-state index is 0.0673. The molecule has 2 N–H and O–H groups in total. The van der Waals surface area contributed by atoms with E-state index in [1.54, 1.807) is 4.57 Å². The number of aromatic nitrogens is 2. The van der Waals surface area contributed by atoms with Gasteiger partial charge in [0.2, 0.25) is 0 Å². The molecular weight excluding hydrogens is 290 g/mol. The topological polar surface area (TPSA) is 84.2 Å². The van der Waals surface area contributed by atoms with Gasteiger partial charge in [-0.1, -0.05) is 31.0 Å². The van der Waals surface area contributed by atoms with Crippen LogP contribution in [0.25, 0.3) is 0 Å². The highest BCUT2D eigenvalue weighted by Gasteiger charge is 2.26. The van der Waals surface area contributed by atoms with Crippen LogP contribution in [0.15, 0.2) is 16.1 Å². The lowest BCUT2D eigenvalue weighted by Crippen LogP contribution is -2.44. The van der Waals surface area contributed by atoms with Gasteiger partial charge in [-0.25, -0.2) is 4.98 Å². The van der Waals surface area contributed by atoms with Crippen LogP contribution in [-0.2, 0) is 6.54 Å². The molecule has 1 fully saturated rings. The largest absolute Gasteiger partial charge is 0.391 e. The van der Waals surface area contributed by atoms with Gasteiger partial charge in [0.05, 0.1) is 12.1 Å². The molecule has 21 heavy (non-hydrogen) atoms. The number of aliphatic hydroxyl groups is 1. The number of hydrogen-bond acceptors (Lipinski definition) is 5. The van der Waals surface area contributed by atoms with E-state index < -0.39 is 12.0 Å². The van der Waals surface area contributed by atoms with Crippen molar-refractivity contribution in [1.29, 1.82) is 0 Å². The van der Waals surface area contributed by atoms with Crippen LogP contribution in [0.3, 0.4) is 0 Å². The molecule has 1 amide bonds. The van der Waals surface area contributed by atoms with Crippen LogP contribution < -0.4 is 10.9 Å². The lowest BCUT2D eigenvalue weighted by molar-refractivity contribution is 0.0816. The first-order chi connectivity index (χ1) is 10.2. The quantitative estimate of drug-likeness (QED) is 0.623. The van der Waals surface area contributed by atoms with E-state index in [0.29, 0.717) is 18.1 Å². The summed E-state index contributed by atoms with van der Waals surface area (Å²) in [5, 5.41) is 13.5. The molecule has 1 aromatic heterocycles. The Kier molecular flexibility index (Phi) is 4.30. The number of thioether (sulfide) groups is 1. The number of hydrogen-bond donors (Lipinski definition) is 2. The summed E-state index contributed by atoms with van der Waals surface area (Å²) in [5.74, 6) is 0.389. The number of carbonyl (C=O) groups excluding carboxylic acids is 1. The summed E-state index contributed by atoms with van der Waals surface area (Å²) in [6.07, 6.45) is 5.31. The molecule has 0 radical (unpaired) electrons. The molecule has 6 nitrogen and oxygen atoms in total. The zero-order chi connectivity index (χ0) is 14.8. The SMILES string of the molecule is O=C(NC1CCCCCC1O)c1cnc2n(c1=O)CCS2. The summed E-state index contributed by atoms with van der Waals surface area (Å²) in [7, 11) is 0. The molecule has 7 heteroatoms. The summed E-state index contributed by atoms with van der Waals surface area (Å²) < 4.78 is 1.54. The summed E-state index contributed by atoms with van der Waals surface area (Å²) >= 11 is 1.52. The number of fused-ring (bicyclic) bond motifs is 1. The average molecular weight is 309 g/mol. The Morgan fingerprint density at radius 3 is 3.05 bits per heavy atom. The molecule has 0 aromatic carbocycles. The number of amides is 1. The Labute approximate surface area is 127 Å². The van der Waals surface area contributed by atoms with Crippen LogP contribution in [0.4, 0.5) is 0 Å². The van der Waals surface area contributed by atoms with Crippen LogP contribution in [0.2, 0.25) is 0 Å². The summed E-state index contributed by atoms with van der Waals surface area (Å²) in [6, 6.07) is -0.271. The maximum absolute atomic E-state index is 12.3. The van der Waals surface area contributed by atoms with Gasteiger partial charge in [-0.2, -0.15) is 0 Å². The molecule has 2 aliphatic rings. The van der Waals surface area contributed by atoms with Gasteiger partial charge in [0.25, 0.3) is 11.5 Å². The van der Waals surface area contributed by atoms with E-state index in [4.69, 9.17) is 0 Å². The molecule has 2 atom stereocenters. The monoisotopic (exact) mass is 309 g/mol. The van der Waals surface area contributed by atoms with Gasteiger partial charge >= 0.3 is 0 Å². The van der Waals surface area contributed by atoms with Crippen LogP contribution in [0.5, 0.6) is 0 Å². The molecular formula is C14H19N3O3S.